The van der Waals surface area contributed by atoms with Crippen molar-refractivity contribution >= 4 is 16.9 Å². The fourth-order valence-electron chi connectivity index (χ4n) is 4.39. The fraction of sp³-hybridized carbons (Fsp3) is 0.292. The molecule has 1 aliphatic rings. The van der Waals surface area contributed by atoms with Gasteiger partial charge in [-0.05, 0) is 30.5 Å². The van der Waals surface area contributed by atoms with E-state index in [1.165, 1.54) is 7.05 Å². The third kappa shape index (κ3) is 3.68. The highest BCUT2D eigenvalue weighted by Gasteiger charge is 2.24. The number of benzene rings is 1. The Morgan fingerprint density at radius 1 is 1.06 bits per heavy atom. The third-order valence-electron chi connectivity index (χ3n) is 6.10. The van der Waals surface area contributed by atoms with Crippen LogP contribution in [0.1, 0.15) is 30.0 Å². The van der Waals surface area contributed by atoms with E-state index in [0.29, 0.717) is 17.6 Å². The van der Waals surface area contributed by atoms with E-state index >= 15 is 0 Å². The summed E-state index contributed by atoms with van der Waals surface area (Å²) in [5, 5.41) is 0.452. The lowest BCUT2D eigenvalue weighted by molar-refractivity contribution is 0.498. The topological polar surface area (TPSA) is 85.9 Å². The van der Waals surface area contributed by atoms with Crippen LogP contribution in [0, 0.1) is 0 Å². The first-order chi connectivity index (χ1) is 15.6. The van der Waals surface area contributed by atoms with Crippen LogP contribution in [0.2, 0.25) is 0 Å². The van der Waals surface area contributed by atoms with Crippen molar-refractivity contribution in [1.29, 1.82) is 0 Å². The summed E-state index contributed by atoms with van der Waals surface area (Å²) in [6.45, 7) is 2.05. The molecule has 4 heterocycles. The molecule has 3 aromatic heterocycles. The SMILES string of the molecule is Cn1c(=O)c2ccc([C@H]3CCCN(c4cnccn4)C3)nc2n(Cc2ccccc2)c1=O. The zero-order valence-electron chi connectivity index (χ0n) is 17.9. The molecule has 0 unspecified atom stereocenters. The Morgan fingerprint density at radius 3 is 2.69 bits per heavy atom. The lowest BCUT2D eigenvalue weighted by atomic mass is 9.94. The molecule has 1 fully saturated rings. The van der Waals surface area contributed by atoms with Gasteiger partial charge in [-0.2, -0.15) is 0 Å². The standard InChI is InChI=1S/C24H24N6O2/c1-28-23(31)19-9-10-20(18-8-5-13-29(16-18)21-14-25-11-12-26-21)27-22(19)30(24(28)32)15-17-6-3-2-4-7-17/h2-4,6-7,9-12,14,18H,5,8,13,15-16H2,1H3/t18-/m0/s1. The van der Waals surface area contributed by atoms with E-state index in [9.17, 15) is 9.59 Å². The zero-order valence-corrected chi connectivity index (χ0v) is 17.9. The maximum absolute atomic E-state index is 13.0. The zero-order chi connectivity index (χ0) is 22.1. The van der Waals surface area contributed by atoms with Gasteiger partial charge in [0.2, 0.25) is 0 Å². The van der Waals surface area contributed by atoms with Crippen molar-refractivity contribution in [2.45, 2.75) is 25.3 Å². The monoisotopic (exact) mass is 428 g/mol. The molecule has 4 aromatic rings. The van der Waals surface area contributed by atoms with Gasteiger partial charge in [0.1, 0.15) is 11.5 Å². The number of pyridine rings is 1. The predicted molar refractivity (Wildman–Crippen MR) is 123 cm³/mol. The van der Waals surface area contributed by atoms with Gasteiger partial charge in [0.25, 0.3) is 5.56 Å². The second kappa shape index (κ2) is 8.37. The molecule has 0 N–H and O–H groups in total. The lowest BCUT2D eigenvalue weighted by Crippen LogP contribution is -2.39. The highest BCUT2D eigenvalue weighted by atomic mass is 16.2. The summed E-state index contributed by atoms with van der Waals surface area (Å²) >= 11 is 0. The summed E-state index contributed by atoms with van der Waals surface area (Å²) in [6, 6.07) is 13.5. The Hall–Kier alpha value is -3.81. The Labute approximate surface area is 184 Å². The molecule has 1 aliphatic heterocycles. The Bertz CT molecular complexity index is 1360. The Morgan fingerprint density at radius 2 is 1.91 bits per heavy atom. The lowest BCUT2D eigenvalue weighted by Gasteiger charge is -2.33. The molecule has 1 atom stereocenters. The fourth-order valence-corrected chi connectivity index (χ4v) is 4.39. The van der Waals surface area contributed by atoms with Crippen molar-refractivity contribution in [2.24, 2.45) is 7.05 Å². The van der Waals surface area contributed by atoms with Crippen molar-refractivity contribution in [3.63, 3.8) is 0 Å². The van der Waals surface area contributed by atoms with E-state index < -0.39 is 0 Å². The van der Waals surface area contributed by atoms with Gasteiger partial charge in [-0.1, -0.05) is 30.3 Å². The second-order valence-corrected chi connectivity index (χ2v) is 8.17. The number of anilines is 1. The van der Waals surface area contributed by atoms with E-state index in [-0.39, 0.29) is 17.2 Å². The molecule has 0 aliphatic carbocycles. The first-order valence-corrected chi connectivity index (χ1v) is 10.8. The average molecular weight is 428 g/mol. The largest absolute Gasteiger partial charge is 0.355 e. The van der Waals surface area contributed by atoms with Gasteiger partial charge in [0.05, 0.1) is 18.1 Å². The molecular formula is C24H24N6O2. The Kier molecular flexibility index (Phi) is 5.26. The number of hydrogen-bond acceptors (Lipinski definition) is 6. The molecule has 0 amide bonds. The van der Waals surface area contributed by atoms with Gasteiger partial charge in [-0.25, -0.2) is 14.8 Å². The normalized spacial score (nSPS) is 16.4. The van der Waals surface area contributed by atoms with E-state index in [1.54, 1.807) is 23.2 Å². The smallest absolute Gasteiger partial charge is 0.332 e. The van der Waals surface area contributed by atoms with Gasteiger partial charge in [-0.3, -0.25) is 18.9 Å². The van der Waals surface area contributed by atoms with Crippen molar-refractivity contribution < 1.29 is 0 Å². The van der Waals surface area contributed by atoms with E-state index in [2.05, 4.69) is 14.9 Å². The molecule has 0 radical (unpaired) electrons. The molecule has 8 heteroatoms. The highest BCUT2D eigenvalue weighted by molar-refractivity contribution is 5.74. The molecule has 1 saturated heterocycles. The molecule has 0 saturated carbocycles. The van der Waals surface area contributed by atoms with Crippen LogP contribution in [-0.2, 0) is 13.6 Å². The quantitative estimate of drug-likeness (QED) is 0.496. The number of piperidine rings is 1. The summed E-state index contributed by atoms with van der Waals surface area (Å²) in [5.41, 5.74) is 1.63. The van der Waals surface area contributed by atoms with Crippen LogP contribution in [-0.4, -0.2) is 37.2 Å². The molecule has 8 nitrogen and oxygen atoms in total. The highest BCUT2D eigenvalue weighted by Crippen LogP contribution is 2.28. The number of fused-ring (bicyclic) bond motifs is 1. The van der Waals surface area contributed by atoms with Gasteiger partial charge in [0, 0.05) is 44.1 Å². The van der Waals surface area contributed by atoms with Crippen LogP contribution < -0.4 is 16.1 Å². The van der Waals surface area contributed by atoms with Crippen molar-refractivity contribution in [3.8, 4) is 0 Å². The summed E-state index contributed by atoms with van der Waals surface area (Å²) in [5.74, 6) is 1.03. The van der Waals surface area contributed by atoms with Gasteiger partial charge in [-0.15, -0.1) is 0 Å². The van der Waals surface area contributed by atoms with Crippen LogP contribution in [0.5, 0.6) is 0 Å². The predicted octanol–water partition coefficient (Wildman–Crippen LogP) is 2.32. The summed E-state index contributed by atoms with van der Waals surface area (Å²) in [4.78, 5) is 41.5. The molecule has 1 aromatic carbocycles. The average Bonchev–Trinajstić information content (AvgIpc) is 2.86. The van der Waals surface area contributed by atoms with Crippen LogP contribution in [0.25, 0.3) is 11.0 Å². The van der Waals surface area contributed by atoms with Crippen molar-refractivity contribution in [3.05, 3.63) is 93.2 Å². The van der Waals surface area contributed by atoms with Crippen LogP contribution in [0.4, 0.5) is 5.82 Å². The van der Waals surface area contributed by atoms with Gasteiger partial charge < -0.3 is 4.90 Å². The molecule has 0 spiro atoms. The third-order valence-corrected chi connectivity index (χ3v) is 6.10. The van der Waals surface area contributed by atoms with E-state index in [0.717, 1.165) is 47.6 Å². The Balaban J connectivity index is 1.57. The maximum Gasteiger partial charge on any atom is 0.332 e. The minimum absolute atomic E-state index is 0.180. The molecule has 32 heavy (non-hydrogen) atoms. The van der Waals surface area contributed by atoms with Crippen molar-refractivity contribution in [2.75, 3.05) is 18.0 Å². The summed E-state index contributed by atoms with van der Waals surface area (Å²) in [6.07, 6.45) is 7.14. The number of hydrogen-bond donors (Lipinski definition) is 0. The van der Waals surface area contributed by atoms with E-state index in [1.807, 2.05) is 42.5 Å². The maximum atomic E-state index is 13.0. The minimum Gasteiger partial charge on any atom is -0.355 e. The first-order valence-electron chi connectivity index (χ1n) is 10.8. The van der Waals surface area contributed by atoms with Gasteiger partial charge >= 0.3 is 5.69 Å². The van der Waals surface area contributed by atoms with Crippen LogP contribution in [0.3, 0.4) is 0 Å². The van der Waals surface area contributed by atoms with Gasteiger partial charge in [0.15, 0.2) is 0 Å². The van der Waals surface area contributed by atoms with Crippen LogP contribution >= 0.6 is 0 Å². The minimum atomic E-state index is -0.360. The molecule has 0 bridgehead atoms. The molecule has 5 rings (SSSR count). The second-order valence-electron chi connectivity index (χ2n) is 8.17. The summed E-state index contributed by atoms with van der Waals surface area (Å²) in [7, 11) is 1.51. The molecule has 162 valence electrons. The number of rotatable bonds is 4. The first kappa shape index (κ1) is 20.1. The van der Waals surface area contributed by atoms with Crippen molar-refractivity contribution in [1.82, 2.24) is 24.1 Å². The molecular weight excluding hydrogens is 404 g/mol. The summed E-state index contributed by atoms with van der Waals surface area (Å²) < 4.78 is 2.75. The van der Waals surface area contributed by atoms with E-state index in [4.69, 9.17) is 4.98 Å². The number of nitrogens with zero attached hydrogens (tertiary/aromatic N) is 6. The van der Waals surface area contributed by atoms with Crippen LogP contribution in [0.15, 0.2) is 70.6 Å². The number of aromatic nitrogens is 5.